The van der Waals surface area contributed by atoms with Gasteiger partial charge in [0.1, 0.15) is 6.29 Å². The van der Waals surface area contributed by atoms with Crippen molar-refractivity contribution in [3.63, 3.8) is 0 Å². The van der Waals surface area contributed by atoms with Crippen LogP contribution in [0.15, 0.2) is 18.2 Å². The van der Waals surface area contributed by atoms with Crippen LogP contribution in [0.2, 0.25) is 0 Å². The van der Waals surface area contributed by atoms with E-state index in [1.165, 1.54) is 0 Å². The highest BCUT2D eigenvalue weighted by atomic mass is 16.5. The Balaban J connectivity index is 2.11. The average molecular weight is 231 g/mol. The van der Waals surface area contributed by atoms with Gasteiger partial charge < -0.3 is 9.64 Å². The Labute approximate surface area is 99.2 Å². The zero-order chi connectivity index (χ0) is 12.2. The molecule has 1 aliphatic carbocycles. The number of carbonyl (C=O) groups excluding carboxylic acids is 2. The van der Waals surface area contributed by atoms with E-state index < -0.39 is 0 Å². The number of ether oxygens (including phenoxy) is 1. The molecule has 1 aromatic rings. The highest BCUT2D eigenvalue weighted by Crippen LogP contribution is 2.56. The van der Waals surface area contributed by atoms with Crippen LogP contribution < -0.4 is 4.90 Å². The lowest BCUT2D eigenvalue weighted by atomic mass is 9.99. The standard InChI is InChI=1S/C13H13NO3/c1-14-9-5-7(6-15)3-4-8(9)10-11(13(14)16)12(10)17-2/h3-6,10-12H,1-2H3. The van der Waals surface area contributed by atoms with Gasteiger partial charge in [-0.05, 0) is 11.6 Å². The van der Waals surface area contributed by atoms with Crippen LogP contribution >= 0.6 is 0 Å². The topological polar surface area (TPSA) is 46.6 Å². The maximum Gasteiger partial charge on any atom is 0.233 e. The van der Waals surface area contributed by atoms with Crippen molar-refractivity contribution in [1.82, 2.24) is 0 Å². The van der Waals surface area contributed by atoms with E-state index in [4.69, 9.17) is 4.74 Å². The predicted octanol–water partition coefficient (Wildman–Crippen LogP) is 1.20. The van der Waals surface area contributed by atoms with Gasteiger partial charge in [0, 0.05) is 31.3 Å². The monoisotopic (exact) mass is 231 g/mol. The van der Waals surface area contributed by atoms with Crippen LogP contribution in [-0.2, 0) is 9.53 Å². The van der Waals surface area contributed by atoms with Crippen LogP contribution in [0, 0.1) is 5.92 Å². The number of carbonyl (C=O) groups is 2. The van der Waals surface area contributed by atoms with Gasteiger partial charge in [-0.1, -0.05) is 12.1 Å². The van der Waals surface area contributed by atoms with Gasteiger partial charge in [0.15, 0.2) is 0 Å². The van der Waals surface area contributed by atoms with E-state index in [1.807, 2.05) is 6.07 Å². The van der Waals surface area contributed by atoms with Crippen LogP contribution in [0.25, 0.3) is 0 Å². The van der Waals surface area contributed by atoms with Gasteiger partial charge >= 0.3 is 0 Å². The SMILES string of the molecule is COC1C2C(=O)N(C)c3cc(C=O)ccc3C12. The summed E-state index contributed by atoms with van der Waals surface area (Å²) >= 11 is 0. The van der Waals surface area contributed by atoms with Crippen molar-refractivity contribution in [2.45, 2.75) is 12.0 Å². The highest BCUT2D eigenvalue weighted by Gasteiger charge is 2.60. The van der Waals surface area contributed by atoms with E-state index in [9.17, 15) is 9.59 Å². The Morgan fingerprint density at radius 1 is 1.35 bits per heavy atom. The number of methoxy groups -OCH3 is 1. The molecular formula is C13H13NO3. The first-order valence-corrected chi connectivity index (χ1v) is 5.58. The average Bonchev–Trinajstić information content (AvgIpc) is 3.09. The van der Waals surface area contributed by atoms with Crippen molar-refractivity contribution in [1.29, 1.82) is 0 Å². The molecule has 2 aliphatic rings. The number of hydrogen-bond acceptors (Lipinski definition) is 3. The van der Waals surface area contributed by atoms with E-state index in [-0.39, 0.29) is 23.8 Å². The third-order valence-corrected chi connectivity index (χ3v) is 3.75. The number of amides is 1. The summed E-state index contributed by atoms with van der Waals surface area (Å²) < 4.78 is 5.32. The first-order valence-electron chi connectivity index (χ1n) is 5.58. The number of aldehydes is 1. The molecule has 1 aromatic carbocycles. The second kappa shape index (κ2) is 3.40. The summed E-state index contributed by atoms with van der Waals surface area (Å²) in [4.78, 5) is 24.4. The largest absolute Gasteiger partial charge is 0.380 e. The number of fused-ring (bicyclic) bond motifs is 3. The second-order valence-electron chi connectivity index (χ2n) is 4.59. The van der Waals surface area contributed by atoms with Crippen LogP contribution in [-0.4, -0.2) is 32.5 Å². The molecule has 1 amide bonds. The van der Waals surface area contributed by atoms with Crippen molar-refractivity contribution >= 4 is 17.9 Å². The number of hydrogen-bond donors (Lipinski definition) is 0. The minimum absolute atomic E-state index is 0.00622. The van der Waals surface area contributed by atoms with Crippen molar-refractivity contribution in [2.24, 2.45) is 5.92 Å². The van der Waals surface area contributed by atoms with Gasteiger partial charge in [-0.15, -0.1) is 0 Å². The summed E-state index contributed by atoms with van der Waals surface area (Å²) in [5, 5.41) is 0. The van der Waals surface area contributed by atoms with Crippen molar-refractivity contribution in [3.8, 4) is 0 Å². The van der Waals surface area contributed by atoms with Crippen molar-refractivity contribution in [3.05, 3.63) is 29.3 Å². The Morgan fingerprint density at radius 3 is 2.76 bits per heavy atom. The summed E-state index contributed by atoms with van der Waals surface area (Å²) in [5.74, 6) is 0.205. The molecule has 1 heterocycles. The number of benzene rings is 1. The third-order valence-electron chi connectivity index (χ3n) is 3.75. The number of nitrogens with zero attached hydrogens (tertiary/aromatic N) is 1. The van der Waals surface area contributed by atoms with Crippen molar-refractivity contribution < 1.29 is 14.3 Å². The maximum atomic E-state index is 12.1. The number of anilines is 1. The Kier molecular flexibility index (Phi) is 2.10. The fraction of sp³-hybridized carbons (Fsp3) is 0.385. The second-order valence-corrected chi connectivity index (χ2v) is 4.59. The molecule has 4 heteroatoms. The first kappa shape index (κ1) is 10.5. The van der Waals surface area contributed by atoms with Crippen LogP contribution in [0.5, 0.6) is 0 Å². The zero-order valence-corrected chi connectivity index (χ0v) is 9.71. The summed E-state index contributed by atoms with van der Waals surface area (Å²) in [6.45, 7) is 0. The summed E-state index contributed by atoms with van der Waals surface area (Å²) in [6, 6.07) is 5.48. The zero-order valence-electron chi connectivity index (χ0n) is 9.71. The molecule has 0 bridgehead atoms. The molecule has 1 saturated carbocycles. The van der Waals surface area contributed by atoms with Gasteiger partial charge in [-0.25, -0.2) is 0 Å². The molecule has 17 heavy (non-hydrogen) atoms. The Hall–Kier alpha value is -1.68. The molecule has 0 N–H and O–H groups in total. The molecule has 1 aliphatic heterocycles. The Bertz CT molecular complexity index is 511. The number of rotatable bonds is 2. The normalized spacial score (nSPS) is 29.6. The van der Waals surface area contributed by atoms with Crippen LogP contribution in [0.1, 0.15) is 21.8 Å². The predicted molar refractivity (Wildman–Crippen MR) is 62.3 cm³/mol. The molecule has 3 rings (SSSR count). The smallest absolute Gasteiger partial charge is 0.233 e. The summed E-state index contributed by atoms with van der Waals surface area (Å²) in [7, 11) is 3.38. The lowest BCUT2D eigenvalue weighted by Gasteiger charge is -2.24. The molecule has 0 radical (unpaired) electrons. The van der Waals surface area contributed by atoms with Crippen molar-refractivity contribution in [2.75, 3.05) is 19.1 Å². The minimum Gasteiger partial charge on any atom is -0.380 e. The van der Waals surface area contributed by atoms with Crippen LogP contribution in [0.3, 0.4) is 0 Å². The first-order chi connectivity index (χ1) is 8.19. The molecule has 3 atom stereocenters. The highest BCUT2D eigenvalue weighted by molar-refractivity contribution is 6.02. The molecule has 0 saturated heterocycles. The van der Waals surface area contributed by atoms with Gasteiger partial charge in [-0.3, -0.25) is 9.59 Å². The summed E-state index contributed by atoms with van der Waals surface area (Å²) in [6.07, 6.45) is 0.791. The van der Waals surface area contributed by atoms with Crippen LogP contribution in [0.4, 0.5) is 5.69 Å². The molecule has 4 nitrogen and oxygen atoms in total. The minimum atomic E-state index is -0.0421. The van der Waals surface area contributed by atoms with E-state index in [0.29, 0.717) is 5.56 Å². The quantitative estimate of drug-likeness (QED) is 0.718. The lowest BCUT2D eigenvalue weighted by molar-refractivity contribution is -0.120. The lowest BCUT2D eigenvalue weighted by Crippen LogP contribution is -2.32. The van der Waals surface area contributed by atoms with Gasteiger partial charge in [0.05, 0.1) is 12.0 Å². The maximum absolute atomic E-state index is 12.1. The summed E-state index contributed by atoms with van der Waals surface area (Å²) in [5.41, 5.74) is 2.53. The van der Waals surface area contributed by atoms with Gasteiger partial charge in [0.25, 0.3) is 0 Å². The van der Waals surface area contributed by atoms with E-state index in [1.54, 1.807) is 31.2 Å². The van der Waals surface area contributed by atoms with E-state index >= 15 is 0 Å². The van der Waals surface area contributed by atoms with Gasteiger partial charge in [-0.2, -0.15) is 0 Å². The molecule has 3 unspecified atom stereocenters. The van der Waals surface area contributed by atoms with Gasteiger partial charge in [0.2, 0.25) is 5.91 Å². The van der Waals surface area contributed by atoms with E-state index in [2.05, 4.69) is 0 Å². The fourth-order valence-electron chi connectivity index (χ4n) is 2.79. The van der Waals surface area contributed by atoms with E-state index in [0.717, 1.165) is 17.5 Å². The fourth-order valence-corrected chi connectivity index (χ4v) is 2.79. The molecule has 1 fully saturated rings. The molecule has 0 spiro atoms. The third kappa shape index (κ3) is 1.27. The molecule has 0 aromatic heterocycles. The molecule has 88 valence electrons. The Morgan fingerprint density at radius 2 is 2.12 bits per heavy atom. The molecular weight excluding hydrogens is 218 g/mol.